The van der Waals surface area contributed by atoms with Crippen molar-refractivity contribution in [2.45, 2.75) is 20.0 Å². The van der Waals surface area contributed by atoms with E-state index >= 15 is 0 Å². The molecule has 0 saturated carbocycles. The fourth-order valence-electron chi connectivity index (χ4n) is 3.52. The summed E-state index contributed by atoms with van der Waals surface area (Å²) in [5.41, 5.74) is 2.84. The number of rotatable bonds is 10. The third-order valence-electron chi connectivity index (χ3n) is 5.37. The molecule has 3 N–H and O–H groups in total. The second-order valence-electron chi connectivity index (χ2n) is 8.08. The Kier molecular flexibility index (Phi) is 7.99. The first kappa shape index (κ1) is 25.2. The predicted molar refractivity (Wildman–Crippen MR) is 139 cm³/mol. The van der Waals surface area contributed by atoms with Gasteiger partial charge in [-0.25, -0.2) is 14.4 Å². The van der Waals surface area contributed by atoms with Crippen LogP contribution in [0.25, 0.3) is 10.9 Å². The highest BCUT2D eigenvalue weighted by Crippen LogP contribution is 2.30. The van der Waals surface area contributed by atoms with Gasteiger partial charge in [0.1, 0.15) is 30.3 Å². The third kappa shape index (κ3) is 6.63. The fraction of sp³-hybridized carbons (Fsp3) is 0.148. The van der Waals surface area contributed by atoms with Crippen molar-refractivity contribution < 1.29 is 18.7 Å². The molecule has 37 heavy (non-hydrogen) atoms. The molecule has 188 valence electrons. The number of aryl methyl sites for hydroxylation is 1. The van der Waals surface area contributed by atoms with Gasteiger partial charge >= 0.3 is 0 Å². The van der Waals surface area contributed by atoms with Gasteiger partial charge in [0.05, 0.1) is 16.9 Å². The zero-order valence-corrected chi connectivity index (χ0v) is 20.1. The molecule has 2 aromatic carbocycles. The van der Waals surface area contributed by atoms with Crippen molar-refractivity contribution in [2.24, 2.45) is 0 Å². The van der Waals surface area contributed by atoms with Gasteiger partial charge in [0.2, 0.25) is 11.8 Å². The van der Waals surface area contributed by atoms with Gasteiger partial charge in [-0.15, -0.1) is 0 Å². The van der Waals surface area contributed by atoms with Gasteiger partial charge in [-0.1, -0.05) is 12.6 Å². The van der Waals surface area contributed by atoms with E-state index in [1.165, 1.54) is 18.5 Å². The third-order valence-corrected chi connectivity index (χ3v) is 5.37. The molecule has 4 rings (SSSR count). The lowest BCUT2D eigenvalue weighted by molar-refractivity contribution is -0.117. The second-order valence-corrected chi connectivity index (χ2v) is 8.08. The van der Waals surface area contributed by atoms with Crippen molar-refractivity contribution in [3.63, 3.8) is 0 Å². The number of carbonyl (C=O) groups is 2. The molecule has 2 heterocycles. The van der Waals surface area contributed by atoms with Crippen LogP contribution in [0.1, 0.15) is 17.7 Å². The van der Waals surface area contributed by atoms with E-state index in [1.54, 1.807) is 6.20 Å². The average molecular weight is 501 g/mol. The quantitative estimate of drug-likeness (QED) is 0.276. The van der Waals surface area contributed by atoms with Crippen molar-refractivity contribution in [1.82, 2.24) is 20.3 Å². The molecule has 0 aliphatic rings. The molecular formula is C27H25FN6O3. The summed E-state index contributed by atoms with van der Waals surface area (Å²) >= 11 is 0. The molecule has 0 atom stereocenters. The molecule has 0 unspecified atom stereocenters. The number of fused-ring (bicyclic) bond motifs is 1. The molecule has 9 nitrogen and oxygen atoms in total. The molecular weight excluding hydrogens is 475 g/mol. The highest BCUT2D eigenvalue weighted by atomic mass is 19.1. The van der Waals surface area contributed by atoms with E-state index in [0.717, 1.165) is 28.8 Å². The van der Waals surface area contributed by atoms with Crippen LogP contribution in [-0.2, 0) is 16.2 Å². The van der Waals surface area contributed by atoms with Crippen molar-refractivity contribution in [3.8, 4) is 5.75 Å². The minimum absolute atomic E-state index is 0.0140. The molecule has 0 fully saturated rings. The summed E-state index contributed by atoms with van der Waals surface area (Å²) in [6.45, 7) is 5.73. The zero-order valence-electron chi connectivity index (χ0n) is 20.1. The molecule has 0 aliphatic heterocycles. The summed E-state index contributed by atoms with van der Waals surface area (Å²) < 4.78 is 20.5. The van der Waals surface area contributed by atoms with E-state index < -0.39 is 11.7 Å². The lowest BCUT2D eigenvalue weighted by Crippen LogP contribution is -2.26. The Bertz CT molecular complexity index is 1450. The number of pyridine rings is 1. The molecule has 0 radical (unpaired) electrons. The van der Waals surface area contributed by atoms with E-state index in [-0.39, 0.29) is 24.6 Å². The Morgan fingerprint density at radius 1 is 1.11 bits per heavy atom. The summed E-state index contributed by atoms with van der Waals surface area (Å²) in [5.74, 6) is -0.308. The van der Waals surface area contributed by atoms with Crippen LogP contribution in [0, 0.1) is 12.7 Å². The van der Waals surface area contributed by atoms with Crippen LogP contribution in [0.2, 0.25) is 0 Å². The standard InChI is InChI=1S/C27H25FN6O3/c1-3-25(35)30-11-9-26(36)34-23-13-20-22(14-21(23)28)31-16-32-27(20)33-18-7-8-24(17(2)12-18)37-15-19-6-4-5-10-29-19/h3-8,10,12-14,16H,1,9,11,15H2,2H3,(H,30,35)(H,34,36)(H,31,32,33). The van der Waals surface area contributed by atoms with E-state index in [4.69, 9.17) is 4.74 Å². The number of halogens is 1. The number of hydrogen-bond donors (Lipinski definition) is 3. The SMILES string of the molecule is C=CC(=O)NCCC(=O)Nc1cc2c(Nc3ccc(OCc4ccccn4)c(C)c3)ncnc2cc1F. The lowest BCUT2D eigenvalue weighted by Gasteiger charge is -2.13. The molecule has 2 aromatic heterocycles. The summed E-state index contributed by atoms with van der Waals surface area (Å²) in [6, 6.07) is 14.0. The Labute approximate surface area is 212 Å². The maximum Gasteiger partial charge on any atom is 0.243 e. The van der Waals surface area contributed by atoms with Gasteiger partial charge < -0.3 is 20.7 Å². The van der Waals surface area contributed by atoms with Crippen molar-refractivity contribution in [2.75, 3.05) is 17.2 Å². The van der Waals surface area contributed by atoms with Crippen molar-refractivity contribution in [3.05, 3.63) is 90.8 Å². The van der Waals surface area contributed by atoms with Crippen molar-refractivity contribution in [1.29, 1.82) is 0 Å². The Hall–Kier alpha value is -4.86. The highest BCUT2D eigenvalue weighted by molar-refractivity contribution is 5.97. The fourth-order valence-corrected chi connectivity index (χ4v) is 3.52. The Balaban J connectivity index is 1.48. The number of nitrogens with zero attached hydrogens (tertiary/aromatic N) is 3. The predicted octanol–water partition coefficient (Wildman–Crippen LogP) is 4.43. The van der Waals surface area contributed by atoms with Gasteiger partial charge in [-0.2, -0.15) is 0 Å². The highest BCUT2D eigenvalue weighted by Gasteiger charge is 2.13. The minimum Gasteiger partial charge on any atom is -0.487 e. The van der Waals surface area contributed by atoms with E-state index in [1.807, 2.05) is 43.3 Å². The van der Waals surface area contributed by atoms with Gasteiger partial charge in [-0.05, 0) is 55.0 Å². The van der Waals surface area contributed by atoms with E-state index in [0.29, 0.717) is 23.3 Å². The first-order valence-electron chi connectivity index (χ1n) is 11.5. The number of amides is 2. The first-order valence-corrected chi connectivity index (χ1v) is 11.5. The largest absolute Gasteiger partial charge is 0.487 e. The number of nitrogens with one attached hydrogen (secondary N) is 3. The lowest BCUT2D eigenvalue weighted by atomic mass is 10.1. The number of benzene rings is 2. The van der Waals surface area contributed by atoms with E-state index in [9.17, 15) is 14.0 Å². The number of ether oxygens (including phenoxy) is 1. The van der Waals surface area contributed by atoms with Crippen LogP contribution in [0.3, 0.4) is 0 Å². The van der Waals surface area contributed by atoms with Gasteiger partial charge in [0.15, 0.2) is 0 Å². The number of anilines is 3. The first-order chi connectivity index (χ1) is 17.9. The Morgan fingerprint density at radius 3 is 2.73 bits per heavy atom. The normalized spacial score (nSPS) is 10.5. The number of carbonyl (C=O) groups excluding carboxylic acids is 2. The molecule has 2 amide bonds. The van der Waals surface area contributed by atoms with Crippen molar-refractivity contribution >= 4 is 39.9 Å². The maximum atomic E-state index is 14.6. The minimum atomic E-state index is -0.633. The van der Waals surface area contributed by atoms with Crippen LogP contribution >= 0.6 is 0 Å². The molecule has 0 bridgehead atoms. The van der Waals surface area contributed by atoms with Crippen LogP contribution in [0.4, 0.5) is 21.6 Å². The van der Waals surface area contributed by atoms with Crippen LogP contribution in [0.5, 0.6) is 5.75 Å². The van der Waals surface area contributed by atoms with Crippen LogP contribution in [0.15, 0.2) is 73.7 Å². The summed E-state index contributed by atoms with van der Waals surface area (Å²) in [5, 5.41) is 8.79. The molecule has 0 saturated heterocycles. The maximum absolute atomic E-state index is 14.6. The molecule has 4 aromatic rings. The average Bonchev–Trinajstić information content (AvgIpc) is 2.89. The monoisotopic (exact) mass is 500 g/mol. The van der Waals surface area contributed by atoms with Crippen LogP contribution < -0.4 is 20.7 Å². The van der Waals surface area contributed by atoms with Crippen LogP contribution in [-0.4, -0.2) is 33.3 Å². The second kappa shape index (κ2) is 11.7. The van der Waals surface area contributed by atoms with Gasteiger partial charge in [0.25, 0.3) is 0 Å². The summed E-state index contributed by atoms with van der Waals surface area (Å²) in [7, 11) is 0. The smallest absolute Gasteiger partial charge is 0.243 e. The zero-order chi connectivity index (χ0) is 26.2. The Morgan fingerprint density at radius 2 is 1.97 bits per heavy atom. The van der Waals surface area contributed by atoms with Gasteiger partial charge in [0, 0.05) is 36.3 Å². The molecule has 10 heteroatoms. The van der Waals surface area contributed by atoms with E-state index in [2.05, 4.69) is 37.5 Å². The summed E-state index contributed by atoms with van der Waals surface area (Å²) in [4.78, 5) is 36.2. The topological polar surface area (TPSA) is 118 Å². The number of aromatic nitrogens is 3. The molecule has 0 aliphatic carbocycles. The number of hydrogen-bond acceptors (Lipinski definition) is 7. The summed E-state index contributed by atoms with van der Waals surface area (Å²) in [6.07, 6.45) is 4.14. The van der Waals surface area contributed by atoms with Gasteiger partial charge in [-0.3, -0.25) is 14.6 Å². The molecule has 0 spiro atoms.